The van der Waals surface area contributed by atoms with Gasteiger partial charge in [0.15, 0.2) is 0 Å². The SMILES string of the molecule is CCC(CC)CC(=O)NC1=CC=C(F)CC1. The fraction of sp³-hybridized carbons (Fsp3) is 0.615. The summed E-state index contributed by atoms with van der Waals surface area (Å²) in [6.07, 6.45) is 6.69. The number of carbonyl (C=O) groups is 1. The Morgan fingerprint density at radius 1 is 1.38 bits per heavy atom. The van der Waals surface area contributed by atoms with Crippen molar-refractivity contribution in [3.63, 3.8) is 0 Å². The van der Waals surface area contributed by atoms with E-state index in [1.807, 2.05) is 0 Å². The van der Waals surface area contributed by atoms with Gasteiger partial charge in [0.2, 0.25) is 5.91 Å². The number of allylic oxidation sites excluding steroid dienone is 4. The lowest BCUT2D eigenvalue weighted by atomic mass is 9.99. The molecule has 0 atom stereocenters. The fourth-order valence-corrected chi connectivity index (χ4v) is 1.79. The molecule has 0 saturated carbocycles. The van der Waals surface area contributed by atoms with Crippen LogP contribution in [0.1, 0.15) is 46.0 Å². The number of rotatable bonds is 5. The molecule has 1 N–H and O–H groups in total. The second kappa shape index (κ2) is 6.46. The molecule has 0 bridgehead atoms. The summed E-state index contributed by atoms with van der Waals surface area (Å²) in [4.78, 5) is 11.7. The Balaban J connectivity index is 2.40. The second-order valence-electron chi connectivity index (χ2n) is 4.24. The normalized spacial score (nSPS) is 15.8. The molecule has 1 aliphatic carbocycles. The smallest absolute Gasteiger partial charge is 0.224 e. The van der Waals surface area contributed by atoms with Crippen LogP contribution >= 0.6 is 0 Å². The first-order valence-electron chi connectivity index (χ1n) is 6.00. The van der Waals surface area contributed by atoms with Gasteiger partial charge >= 0.3 is 0 Å². The topological polar surface area (TPSA) is 29.1 Å². The van der Waals surface area contributed by atoms with E-state index in [4.69, 9.17) is 0 Å². The summed E-state index contributed by atoms with van der Waals surface area (Å²) >= 11 is 0. The molecule has 0 spiro atoms. The van der Waals surface area contributed by atoms with Crippen molar-refractivity contribution >= 4 is 5.91 Å². The minimum absolute atomic E-state index is 0.0515. The average Bonchev–Trinajstić information content (AvgIpc) is 2.29. The van der Waals surface area contributed by atoms with Gasteiger partial charge in [0.1, 0.15) is 5.83 Å². The maximum atomic E-state index is 12.7. The van der Waals surface area contributed by atoms with E-state index in [0.717, 1.165) is 18.5 Å². The van der Waals surface area contributed by atoms with Crippen LogP contribution in [0.15, 0.2) is 23.7 Å². The summed E-state index contributed by atoms with van der Waals surface area (Å²) in [6, 6.07) is 0. The number of nitrogens with one attached hydrogen (secondary N) is 1. The third-order valence-electron chi connectivity index (χ3n) is 3.03. The lowest BCUT2D eigenvalue weighted by Crippen LogP contribution is -2.25. The first kappa shape index (κ1) is 12.9. The summed E-state index contributed by atoms with van der Waals surface area (Å²) in [5, 5.41) is 2.85. The Kier molecular flexibility index (Phi) is 5.23. The Hall–Kier alpha value is -1.12. The van der Waals surface area contributed by atoms with Crippen LogP contribution in [-0.2, 0) is 4.79 Å². The van der Waals surface area contributed by atoms with E-state index >= 15 is 0 Å². The molecule has 0 saturated heterocycles. The van der Waals surface area contributed by atoms with E-state index in [2.05, 4.69) is 19.2 Å². The molecular formula is C13H20FNO. The van der Waals surface area contributed by atoms with E-state index in [-0.39, 0.29) is 11.7 Å². The summed E-state index contributed by atoms with van der Waals surface area (Å²) < 4.78 is 12.7. The van der Waals surface area contributed by atoms with E-state index in [1.165, 1.54) is 6.08 Å². The van der Waals surface area contributed by atoms with Crippen LogP contribution in [0.3, 0.4) is 0 Å². The zero-order valence-electron chi connectivity index (χ0n) is 10.1. The van der Waals surface area contributed by atoms with Gasteiger partial charge in [0.05, 0.1) is 0 Å². The molecule has 2 nitrogen and oxygen atoms in total. The minimum Gasteiger partial charge on any atom is -0.330 e. The maximum absolute atomic E-state index is 12.7. The molecule has 3 heteroatoms. The van der Waals surface area contributed by atoms with Gasteiger partial charge < -0.3 is 5.32 Å². The van der Waals surface area contributed by atoms with Gasteiger partial charge in [-0.2, -0.15) is 0 Å². The number of hydrogen-bond donors (Lipinski definition) is 1. The number of hydrogen-bond acceptors (Lipinski definition) is 1. The molecule has 1 amide bonds. The van der Waals surface area contributed by atoms with Crippen molar-refractivity contribution < 1.29 is 9.18 Å². The Morgan fingerprint density at radius 3 is 2.56 bits per heavy atom. The molecule has 1 aliphatic rings. The zero-order valence-corrected chi connectivity index (χ0v) is 10.1. The lowest BCUT2D eigenvalue weighted by molar-refractivity contribution is -0.121. The average molecular weight is 225 g/mol. The molecule has 0 heterocycles. The molecule has 1 rings (SSSR count). The van der Waals surface area contributed by atoms with Crippen LogP contribution in [0.25, 0.3) is 0 Å². The van der Waals surface area contributed by atoms with Crippen molar-refractivity contribution in [3.8, 4) is 0 Å². The van der Waals surface area contributed by atoms with Crippen molar-refractivity contribution in [3.05, 3.63) is 23.7 Å². The number of halogens is 1. The van der Waals surface area contributed by atoms with E-state index in [9.17, 15) is 9.18 Å². The summed E-state index contributed by atoms with van der Waals surface area (Å²) in [7, 11) is 0. The monoisotopic (exact) mass is 225 g/mol. The van der Waals surface area contributed by atoms with Crippen molar-refractivity contribution in [2.45, 2.75) is 46.0 Å². The highest BCUT2D eigenvalue weighted by Crippen LogP contribution is 2.18. The predicted octanol–water partition coefficient (Wildman–Crippen LogP) is 3.46. The van der Waals surface area contributed by atoms with Crippen LogP contribution in [0.2, 0.25) is 0 Å². The van der Waals surface area contributed by atoms with Gasteiger partial charge in [-0.3, -0.25) is 4.79 Å². The van der Waals surface area contributed by atoms with Gasteiger partial charge in [-0.15, -0.1) is 0 Å². The van der Waals surface area contributed by atoms with Crippen LogP contribution in [0, 0.1) is 5.92 Å². The highest BCUT2D eigenvalue weighted by molar-refractivity contribution is 5.78. The molecular weight excluding hydrogens is 205 g/mol. The third-order valence-corrected chi connectivity index (χ3v) is 3.03. The number of carbonyl (C=O) groups excluding carboxylic acids is 1. The van der Waals surface area contributed by atoms with Crippen LogP contribution in [0.4, 0.5) is 4.39 Å². The fourth-order valence-electron chi connectivity index (χ4n) is 1.79. The van der Waals surface area contributed by atoms with Gasteiger partial charge in [0.25, 0.3) is 0 Å². The van der Waals surface area contributed by atoms with Crippen LogP contribution in [-0.4, -0.2) is 5.91 Å². The van der Waals surface area contributed by atoms with Crippen molar-refractivity contribution in [2.75, 3.05) is 0 Å². The van der Waals surface area contributed by atoms with Crippen LogP contribution in [0.5, 0.6) is 0 Å². The zero-order chi connectivity index (χ0) is 12.0. The first-order valence-corrected chi connectivity index (χ1v) is 6.00. The molecule has 90 valence electrons. The Morgan fingerprint density at radius 2 is 2.06 bits per heavy atom. The number of amides is 1. The molecule has 0 unspecified atom stereocenters. The molecule has 0 aromatic heterocycles. The largest absolute Gasteiger partial charge is 0.330 e. The third kappa shape index (κ3) is 4.17. The Bertz CT molecular complexity index is 303. The molecule has 0 radical (unpaired) electrons. The van der Waals surface area contributed by atoms with Crippen molar-refractivity contribution in [2.24, 2.45) is 5.92 Å². The summed E-state index contributed by atoms with van der Waals surface area (Å²) in [5.41, 5.74) is 0.831. The van der Waals surface area contributed by atoms with Crippen molar-refractivity contribution in [1.82, 2.24) is 5.32 Å². The van der Waals surface area contributed by atoms with Crippen molar-refractivity contribution in [1.29, 1.82) is 0 Å². The van der Waals surface area contributed by atoms with Crippen LogP contribution < -0.4 is 5.32 Å². The van der Waals surface area contributed by atoms with Gasteiger partial charge in [-0.05, 0) is 24.5 Å². The van der Waals surface area contributed by atoms with Gasteiger partial charge in [-0.25, -0.2) is 4.39 Å². The first-order chi connectivity index (χ1) is 7.65. The summed E-state index contributed by atoms with van der Waals surface area (Å²) in [5.74, 6) is 0.394. The molecule has 16 heavy (non-hydrogen) atoms. The minimum atomic E-state index is -0.113. The summed E-state index contributed by atoms with van der Waals surface area (Å²) in [6.45, 7) is 4.19. The maximum Gasteiger partial charge on any atom is 0.224 e. The van der Waals surface area contributed by atoms with E-state index in [0.29, 0.717) is 25.2 Å². The molecule has 0 aromatic rings. The van der Waals surface area contributed by atoms with Gasteiger partial charge in [0, 0.05) is 18.5 Å². The Labute approximate surface area is 96.6 Å². The van der Waals surface area contributed by atoms with Gasteiger partial charge in [-0.1, -0.05) is 26.7 Å². The molecule has 0 aromatic carbocycles. The van der Waals surface area contributed by atoms with E-state index < -0.39 is 0 Å². The lowest BCUT2D eigenvalue weighted by Gasteiger charge is -2.15. The molecule has 0 aliphatic heterocycles. The highest BCUT2D eigenvalue weighted by atomic mass is 19.1. The standard InChI is InChI=1S/C13H20FNO/c1-3-10(4-2)9-13(16)15-12-7-5-11(14)6-8-12/h5,7,10H,3-4,6,8-9H2,1-2H3,(H,15,16). The van der Waals surface area contributed by atoms with E-state index in [1.54, 1.807) is 6.08 Å². The predicted molar refractivity (Wildman–Crippen MR) is 63.3 cm³/mol. The quantitative estimate of drug-likeness (QED) is 0.762. The second-order valence-corrected chi connectivity index (χ2v) is 4.24. The highest BCUT2D eigenvalue weighted by Gasteiger charge is 2.12. The molecule has 0 fully saturated rings.